The Hall–Kier alpha value is -1.92. The number of ether oxygens (including phenoxy) is 2. The molecule has 0 saturated carbocycles. The lowest BCUT2D eigenvalue weighted by Gasteiger charge is -2.26. The molecule has 27 heavy (non-hydrogen) atoms. The lowest BCUT2D eigenvalue weighted by Crippen LogP contribution is -2.38. The highest BCUT2D eigenvalue weighted by Crippen LogP contribution is 2.42. The van der Waals surface area contributed by atoms with Gasteiger partial charge in [0, 0.05) is 30.6 Å². The third-order valence-electron chi connectivity index (χ3n) is 4.36. The Morgan fingerprint density at radius 2 is 2.19 bits per heavy atom. The van der Waals surface area contributed by atoms with Crippen molar-refractivity contribution in [3.63, 3.8) is 0 Å². The van der Waals surface area contributed by atoms with Gasteiger partial charge in [-0.05, 0) is 12.1 Å². The summed E-state index contributed by atoms with van der Waals surface area (Å²) in [6.07, 6.45) is -0.483. The van der Waals surface area contributed by atoms with Gasteiger partial charge in [0.25, 0.3) is 0 Å². The zero-order valence-electron chi connectivity index (χ0n) is 14.3. The number of carboxylic acids is 1. The molecule has 1 aromatic rings. The van der Waals surface area contributed by atoms with E-state index in [4.69, 9.17) is 19.4 Å². The fourth-order valence-electron chi connectivity index (χ4n) is 2.90. The van der Waals surface area contributed by atoms with E-state index in [0.29, 0.717) is 38.7 Å². The zero-order chi connectivity index (χ0) is 20.3. The molecule has 0 radical (unpaired) electrons. The number of rotatable bonds is 4. The van der Waals surface area contributed by atoms with E-state index in [9.17, 15) is 21.6 Å². The first kappa shape index (κ1) is 21.4. The van der Waals surface area contributed by atoms with Gasteiger partial charge in [-0.3, -0.25) is 4.98 Å². The SMILES string of the molecule is CS(=O)(=O)N1C[C@@H]2COC[C@]2(COc2cccnc2)C1.O=C(O)C(F)(F)F. The van der Waals surface area contributed by atoms with Gasteiger partial charge in [-0.25, -0.2) is 17.5 Å². The summed E-state index contributed by atoms with van der Waals surface area (Å²) in [5, 5.41) is 7.12. The Morgan fingerprint density at radius 1 is 1.52 bits per heavy atom. The van der Waals surface area contributed by atoms with Gasteiger partial charge in [-0.1, -0.05) is 0 Å². The number of carbonyl (C=O) groups is 1. The molecule has 0 aromatic carbocycles. The van der Waals surface area contributed by atoms with Crippen LogP contribution in [0.4, 0.5) is 13.2 Å². The average Bonchev–Trinajstić information content (AvgIpc) is 3.10. The fraction of sp³-hybridized carbons (Fsp3) is 0.600. The highest BCUT2D eigenvalue weighted by Gasteiger charge is 2.53. The van der Waals surface area contributed by atoms with Crippen molar-refractivity contribution in [1.29, 1.82) is 0 Å². The Kier molecular flexibility index (Phi) is 6.32. The minimum absolute atomic E-state index is 0.203. The molecule has 2 aliphatic rings. The van der Waals surface area contributed by atoms with Gasteiger partial charge in [0.05, 0.1) is 32.3 Å². The summed E-state index contributed by atoms with van der Waals surface area (Å²) in [6, 6.07) is 3.66. The van der Waals surface area contributed by atoms with E-state index in [1.54, 1.807) is 12.4 Å². The van der Waals surface area contributed by atoms with Gasteiger partial charge in [-0.15, -0.1) is 0 Å². The molecule has 0 aliphatic carbocycles. The van der Waals surface area contributed by atoms with Crippen LogP contribution in [-0.2, 0) is 19.6 Å². The zero-order valence-corrected chi connectivity index (χ0v) is 15.2. The summed E-state index contributed by atoms with van der Waals surface area (Å²) in [5.74, 6) is -1.85. The molecular weight excluding hydrogens is 393 g/mol. The topological polar surface area (TPSA) is 106 Å². The van der Waals surface area contributed by atoms with E-state index < -0.39 is 22.2 Å². The summed E-state index contributed by atoms with van der Waals surface area (Å²) >= 11 is 0. The molecule has 1 N–H and O–H groups in total. The van der Waals surface area contributed by atoms with Crippen LogP contribution in [0.3, 0.4) is 0 Å². The third-order valence-corrected chi connectivity index (χ3v) is 5.58. The first-order valence-corrected chi connectivity index (χ1v) is 9.65. The van der Waals surface area contributed by atoms with Crippen molar-refractivity contribution in [1.82, 2.24) is 9.29 Å². The second-order valence-corrected chi connectivity index (χ2v) is 8.39. The number of sulfonamides is 1. The molecular formula is C15H19F3N2O6S. The van der Waals surface area contributed by atoms with E-state index >= 15 is 0 Å². The van der Waals surface area contributed by atoms with Gasteiger partial charge in [0.1, 0.15) is 5.75 Å². The van der Waals surface area contributed by atoms with Crippen molar-refractivity contribution in [2.45, 2.75) is 6.18 Å². The first-order chi connectivity index (χ1) is 12.4. The fourth-order valence-corrected chi connectivity index (χ4v) is 3.84. The maximum Gasteiger partial charge on any atom is 0.490 e. The monoisotopic (exact) mass is 412 g/mol. The highest BCUT2D eigenvalue weighted by molar-refractivity contribution is 7.88. The highest BCUT2D eigenvalue weighted by atomic mass is 32.2. The maximum atomic E-state index is 11.7. The van der Waals surface area contributed by atoms with Crippen molar-refractivity contribution in [2.24, 2.45) is 11.3 Å². The van der Waals surface area contributed by atoms with E-state index in [1.165, 1.54) is 10.6 Å². The van der Waals surface area contributed by atoms with E-state index in [1.807, 2.05) is 12.1 Å². The molecule has 0 bridgehead atoms. The number of carboxylic acid groups (broad SMARTS) is 1. The Bertz CT molecular complexity index is 759. The van der Waals surface area contributed by atoms with E-state index in [2.05, 4.69) is 4.98 Å². The number of aromatic nitrogens is 1. The first-order valence-electron chi connectivity index (χ1n) is 7.80. The van der Waals surface area contributed by atoms with Crippen molar-refractivity contribution in [3.05, 3.63) is 24.5 Å². The molecule has 0 unspecified atom stereocenters. The van der Waals surface area contributed by atoms with Gasteiger partial charge in [0.2, 0.25) is 10.0 Å². The summed E-state index contributed by atoms with van der Waals surface area (Å²) in [5.41, 5.74) is -0.237. The van der Waals surface area contributed by atoms with Crippen LogP contribution in [0.5, 0.6) is 5.75 Å². The van der Waals surface area contributed by atoms with Gasteiger partial charge >= 0.3 is 12.1 Å². The Labute approximate surface area is 153 Å². The summed E-state index contributed by atoms with van der Waals surface area (Å²) < 4.78 is 68.0. The standard InChI is InChI=1S/C13H18N2O4S.C2HF3O2/c1-20(16,17)15-6-11-7-18-9-13(11,8-15)10-19-12-3-2-4-14-5-12;3-2(4,5)1(6)7/h2-5,11H,6-10H2,1H3;(H,6,7)/t11-,13+;/m1./s1. The van der Waals surface area contributed by atoms with Crippen LogP contribution in [0, 0.1) is 11.3 Å². The Morgan fingerprint density at radius 3 is 2.70 bits per heavy atom. The second kappa shape index (κ2) is 7.98. The molecule has 0 amide bonds. The molecule has 3 heterocycles. The molecule has 8 nitrogen and oxygen atoms in total. The molecule has 2 saturated heterocycles. The van der Waals surface area contributed by atoms with E-state index in [-0.39, 0.29) is 11.3 Å². The molecule has 0 spiro atoms. The van der Waals surface area contributed by atoms with Crippen LogP contribution in [0.25, 0.3) is 0 Å². The number of pyridine rings is 1. The number of alkyl halides is 3. The summed E-state index contributed by atoms with van der Waals surface area (Å²) in [7, 11) is -3.16. The largest absolute Gasteiger partial charge is 0.491 e. The third kappa shape index (κ3) is 5.53. The predicted octanol–water partition coefficient (Wildman–Crippen LogP) is 1.00. The van der Waals surface area contributed by atoms with Crippen molar-refractivity contribution in [2.75, 3.05) is 39.2 Å². The minimum atomic E-state index is -5.08. The number of aliphatic carboxylic acids is 1. The molecule has 2 fully saturated rings. The van der Waals surface area contributed by atoms with Crippen LogP contribution in [0.15, 0.2) is 24.5 Å². The van der Waals surface area contributed by atoms with Crippen LogP contribution < -0.4 is 4.74 Å². The van der Waals surface area contributed by atoms with E-state index in [0.717, 1.165) is 0 Å². The lowest BCUT2D eigenvalue weighted by atomic mass is 9.82. The Balaban J connectivity index is 0.000000321. The predicted molar refractivity (Wildman–Crippen MR) is 86.6 cm³/mol. The smallest absolute Gasteiger partial charge is 0.490 e. The number of halogens is 3. The van der Waals surface area contributed by atoms with Crippen LogP contribution in [0.1, 0.15) is 0 Å². The average molecular weight is 412 g/mol. The number of fused-ring (bicyclic) bond motifs is 1. The summed E-state index contributed by atoms with van der Waals surface area (Å²) in [4.78, 5) is 12.9. The normalized spacial score (nSPS) is 25.4. The van der Waals surface area contributed by atoms with Gasteiger partial charge in [-0.2, -0.15) is 13.2 Å². The quantitative estimate of drug-likeness (QED) is 0.786. The van der Waals surface area contributed by atoms with Crippen LogP contribution in [0.2, 0.25) is 0 Å². The van der Waals surface area contributed by atoms with Crippen LogP contribution >= 0.6 is 0 Å². The van der Waals surface area contributed by atoms with Crippen molar-refractivity contribution >= 4 is 16.0 Å². The number of nitrogens with zero attached hydrogens (tertiary/aromatic N) is 2. The van der Waals surface area contributed by atoms with Crippen LogP contribution in [-0.4, -0.2) is 74.1 Å². The second-order valence-electron chi connectivity index (χ2n) is 6.41. The minimum Gasteiger partial charge on any atom is -0.491 e. The van der Waals surface area contributed by atoms with Crippen molar-refractivity contribution in [3.8, 4) is 5.75 Å². The van der Waals surface area contributed by atoms with Gasteiger partial charge < -0.3 is 14.6 Å². The molecule has 152 valence electrons. The summed E-state index contributed by atoms with van der Waals surface area (Å²) in [6.45, 7) is 2.59. The molecule has 2 aliphatic heterocycles. The van der Waals surface area contributed by atoms with Crippen molar-refractivity contribution < 1.29 is 41.0 Å². The molecule has 2 atom stereocenters. The molecule has 3 rings (SSSR count). The lowest BCUT2D eigenvalue weighted by molar-refractivity contribution is -0.192. The van der Waals surface area contributed by atoms with Gasteiger partial charge in [0.15, 0.2) is 0 Å². The maximum absolute atomic E-state index is 11.7. The number of hydrogen-bond donors (Lipinski definition) is 1. The molecule has 12 heteroatoms. The molecule has 1 aromatic heterocycles. The number of hydrogen-bond acceptors (Lipinski definition) is 6.